The van der Waals surface area contributed by atoms with Crippen molar-refractivity contribution in [3.63, 3.8) is 0 Å². The van der Waals surface area contributed by atoms with Crippen LogP contribution in [0.2, 0.25) is 0 Å². The van der Waals surface area contributed by atoms with Crippen LogP contribution in [0.15, 0.2) is 24.3 Å². The molecular formula is C14H22NO4P. The van der Waals surface area contributed by atoms with Crippen molar-refractivity contribution in [2.45, 2.75) is 26.8 Å². The molecule has 1 rings (SSSR count). The second kappa shape index (κ2) is 7.58. The van der Waals surface area contributed by atoms with Crippen molar-refractivity contribution in [1.29, 1.82) is 0 Å². The van der Waals surface area contributed by atoms with E-state index in [-0.39, 0.29) is 5.56 Å². The van der Waals surface area contributed by atoms with E-state index >= 15 is 0 Å². The number of carbonyl (C=O) groups is 1. The van der Waals surface area contributed by atoms with Crippen LogP contribution in [0.5, 0.6) is 0 Å². The number of hydrogen-bond donors (Lipinski definition) is 2. The number of aromatic carboxylic acids is 1. The van der Waals surface area contributed by atoms with E-state index in [1.54, 1.807) is 19.1 Å². The summed E-state index contributed by atoms with van der Waals surface area (Å²) in [6, 6.07) is 6.39. The Morgan fingerprint density at radius 3 is 2.40 bits per heavy atom. The van der Waals surface area contributed by atoms with Gasteiger partial charge in [0.2, 0.25) is 7.37 Å². The van der Waals surface area contributed by atoms with Crippen LogP contribution in [0.4, 0.5) is 0 Å². The predicted molar refractivity (Wildman–Crippen MR) is 80.3 cm³/mol. The predicted octanol–water partition coefficient (Wildman–Crippen LogP) is 2.32. The molecule has 0 saturated heterocycles. The molecule has 0 aliphatic carbocycles. The van der Waals surface area contributed by atoms with Crippen molar-refractivity contribution >= 4 is 18.6 Å². The average molecular weight is 299 g/mol. The second-order valence-electron chi connectivity index (χ2n) is 4.78. The van der Waals surface area contributed by atoms with Crippen molar-refractivity contribution in [3.8, 4) is 0 Å². The molecule has 1 aromatic carbocycles. The molecule has 6 heteroatoms. The highest BCUT2D eigenvalue weighted by molar-refractivity contribution is 7.67. The molecule has 0 aliphatic rings. The lowest BCUT2D eigenvalue weighted by molar-refractivity contribution is 0.0697. The van der Waals surface area contributed by atoms with Gasteiger partial charge in [0.1, 0.15) is 0 Å². The molecule has 0 aromatic heterocycles. The maximum atomic E-state index is 12.9. The van der Waals surface area contributed by atoms with Gasteiger partial charge >= 0.3 is 5.97 Å². The molecule has 5 nitrogen and oxygen atoms in total. The van der Waals surface area contributed by atoms with Crippen LogP contribution in [-0.2, 0) is 9.09 Å². The van der Waals surface area contributed by atoms with Crippen LogP contribution in [0.1, 0.15) is 31.1 Å². The molecule has 0 heterocycles. The molecule has 0 aliphatic heterocycles. The van der Waals surface area contributed by atoms with Gasteiger partial charge in [-0.1, -0.05) is 13.8 Å². The summed E-state index contributed by atoms with van der Waals surface area (Å²) < 4.78 is 18.3. The van der Waals surface area contributed by atoms with Crippen LogP contribution in [-0.4, -0.2) is 36.4 Å². The number of nitrogens with one attached hydrogen (secondary N) is 1. The maximum Gasteiger partial charge on any atom is 0.335 e. The normalized spacial score (nSPS) is 14.2. The highest BCUT2D eigenvalue weighted by Crippen LogP contribution is 2.45. The van der Waals surface area contributed by atoms with Gasteiger partial charge in [0.15, 0.2) is 0 Å². The second-order valence-corrected chi connectivity index (χ2v) is 7.34. The topological polar surface area (TPSA) is 75.6 Å². The van der Waals surface area contributed by atoms with Gasteiger partial charge in [0.25, 0.3) is 0 Å². The molecule has 1 aromatic rings. The van der Waals surface area contributed by atoms with Crippen LogP contribution < -0.4 is 10.6 Å². The van der Waals surface area contributed by atoms with Crippen LogP contribution in [0, 0.1) is 0 Å². The van der Waals surface area contributed by atoms with Crippen LogP contribution in [0.3, 0.4) is 0 Å². The average Bonchev–Trinajstić information content (AvgIpc) is 2.38. The lowest BCUT2D eigenvalue weighted by Crippen LogP contribution is -2.27. The van der Waals surface area contributed by atoms with E-state index in [0.29, 0.717) is 30.7 Å². The van der Waals surface area contributed by atoms with Gasteiger partial charge in [-0.15, -0.1) is 0 Å². The van der Waals surface area contributed by atoms with Crippen molar-refractivity contribution in [1.82, 2.24) is 5.32 Å². The molecule has 112 valence electrons. The van der Waals surface area contributed by atoms with Crippen molar-refractivity contribution in [2.75, 3.05) is 19.3 Å². The van der Waals surface area contributed by atoms with E-state index in [4.69, 9.17) is 9.63 Å². The summed E-state index contributed by atoms with van der Waals surface area (Å²) in [7, 11) is -2.93. The maximum absolute atomic E-state index is 12.9. The Morgan fingerprint density at radius 1 is 1.35 bits per heavy atom. The minimum Gasteiger partial charge on any atom is -0.478 e. The minimum absolute atomic E-state index is 0.178. The number of benzene rings is 1. The molecule has 0 radical (unpaired) electrons. The third-order valence-electron chi connectivity index (χ3n) is 2.80. The fourth-order valence-corrected chi connectivity index (χ4v) is 3.79. The standard InChI is InChI=1S/C14H22NO4P/c1-4-19-20(18,10-9-15-11(2)3)13-7-5-12(6-8-13)14(16)17/h5-8,11,15H,4,9-10H2,1-3H3,(H,16,17). The third kappa shape index (κ3) is 4.75. The molecule has 0 bridgehead atoms. The first-order chi connectivity index (χ1) is 9.39. The minimum atomic E-state index is -2.93. The molecule has 1 atom stereocenters. The Bertz CT molecular complexity index is 484. The summed E-state index contributed by atoms with van der Waals surface area (Å²) in [5.74, 6) is -0.996. The molecule has 0 fully saturated rings. The molecular weight excluding hydrogens is 277 g/mol. The number of rotatable bonds is 8. The van der Waals surface area contributed by atoms with Crippen LogP contribution >= 0.6 is 7.37 Å². The quantitative estimate of drug-likeness (QED) is 0.721. The van der Waals surface area contributed by atoms with E-state index in [1.165, 1.54) is 12.1 Å². The summed E-state index contributed by atoms with van der Waals surface area (Å²) >= 11 is 0. The van der Waals surface area contributed by atoms with E-state index in [9.17, 15) is 9.36 Å². The Kier molecular flexibility index (Phi) is 6.40. The molecule has 20 heavy (non-hydrogen) atoms. The smallest absolute Gasteiger partial charge is 0.335 e. The van der Waals surface area contributed by atoms with Gasteiger partial charge in [-0.3, -0.25) is 4.57 Å². The first kappa shape index (κ1) is 16.9. The van der Waals surface area contributed by atoms with Gasteiger partial charge in [0, 0.05) is 24.1 Å². The fourth-order valence-electron chi connectivity index (χ4n) is 1.81. The Hall–Kier alpha value is -1.16. The SMILES string of the molecule is CCOP(=O)(CCNC(C)C)c1ccc(C(=O)O)cc1. The highest BCUT2D eigenvalue weighted by atomic mass is 31.2. The Morgan fingerprint density at radius 2 is 1.95 bits per heavy atom. The van der Waals surface area contributed by atoms with Crippen molar-refractivity contribution < 1.29 is 19.0 Å². The van der Waals surface area contributed by atoms with Crippen molar-refractivity contribution in [3.05, 3.63) is 29.8 Å². The first-order valence-electron chi connectivity index (χ1n) is 6.70. The number of carboxylic acids is 1. The largest absolute Gasteiger partial charge is 0.478 e. The van der Waals surface area contributed by atoms with E-state index < -0.39 is 13.3 Å². The lowest BCUT2D eigenvalue weighted by atomic mass is 10.2. The zero-order valence-electron chi connectivity index (χ0n) is 12.1. The fraction of sp³-hybridized carbons (Fsp3) is 0.500. The molecule has 2 N–H and O–H groups in total. The monoisotopic (exact) mass is 299 g/mol. The summed E-state index contributed by atoms with van der Waals surface area (Å²) in [4.78, 5) is 10.8. The zero-order chi connectivity index (χ0) is 15.2. The van der Waals surface area contributed by atoms with Crippen molar-refractivity contribution in [2.24, 2.45) is 0 Å². The van der Waals surface area contributed by atoms with Gasteiger partial charge < -0.3 is 14.9 Å². The Labute approximate surface area is 119 Å². The summed E-state index contributed by atoms with van der Waals surface area (Å²) in [6.45, 7) is 6.80. The van der Waals surface area contributed by atoms with Gasteiger partial charge in [-0.25, -0.2) is 4.79 Å². The van der Waals surface area contributed by atoms with Crippen LogP contribution in [0.25, 0.3) is 0 Å². The molecule has 0 amide bonds. The number of hydrogen-bond acceptors (Lipinski definition) is 4. The first-order valence-corrected chi connectivity index (χ1v) is 8.51. The van der Waals surface area contributed by atoms with E-state index in [2.05, 4.69) is 5.32 Å². The van der Waals surface area contributed by atoms with Gasteiger partial charge in [-0.05, 0) is 31.2 Å². The summed E-state index contributed by atoms with van der Waals surface area (Å²) in [5.41, 5.74) is 0.178. The summed E-state index contributed by atoms with van der Waals surface area (Å²) in [5, 5.41) is 12.7. The highest BCUT2D eigenvalue weighted by Gasteiger charge is 2.25. The van der Waals surface area contributed by atoms with Gasteiger partial charge in [0.05, 0.1) is 12.2 Å². The lowest BCUT2D eigenvalue weighted by Gasteiger charge is -2.19. The molecule has 1 unspecified atom stereocenters. The van der Waals surface area contributed by atoms with E-state index in [0.717, 1.165) is 0 Å². The number of carboxylic acid groups (broad SMARTS) is 1. The third-order valence-corrected chi connectivity index (χ3v) is 5.38. The van der Waals surface area contributed by atoms with E-state index in [1.807, 2.05) is 13.8 Å². The Balaban J connectivity index is 2.88. The molecule has 0 spiro atoms. The summed E-state index contributed by atoms with van der Waals surface area (Å²) in [6.07, 6.45) is 0.394. The zero-order valence-corrected chi connectivity index (χ0v) is 13.0. The van der Waals surface area contributed by atoms with Gasteiger partial charge in [-0.2, -0.15) is 0 Å². The molecule has 0 saturated carbocycles.